The van der Waals surface area contributed by atoms with E-state index >= 15 is 0 Å². The molecule has 35 heavy (non-hydrogen) atoms. The summed E-state index contributed by atoms with van der Waals surface area (Å²) >= 11 is 3.55. The number of hydrogen-bond acceptors (Lipinski definition) is 6. The first kappa shape index (κ1) is 23.1. The Hall–Kier alpha value is -3.65. The lowest BCUT2D eigenvalue weighted by Crippen LogP contribution is -2.21. The molecule has 0 saturated heterocycles. The molecule has 0 unspecified atom stereocenters. The summed E-state index contributed by atoms with van der Waals surface area (Å²) in [4.78, 5) is 18.5. The van der Waals surface area contributed by atoms with Crippen molar-refractivity contribution in [2.75, 3.05) is 13.9 Å². The van der Waals surface area contributed by atoms with Crippen LogP contribution in [0.3, 0.4) is 0 Å². The van der Waals surface area contributed by atoms with Crippen molar-refractivity contribution in [3.8, 4) is 28.6 Å². The minimum atomic E-state index is -0.250. The van der Waals surface area contributed by atoms with Crippen molar-refractivity contribution in [3.05, 3.63) is 80.0 Å². The maximum absolute atomic E-state index is 13.6. The molecule has 0 N–H and O–H groups in total. The zero-order valence-electron chi connectivity index (χ0n) is 19.8. The van der Waals surface area contributed by atoms with Gasteiger partial charge in [0.1, 0.15) is 5.75 Å². The SMILES string of the molecule is COc1cc(C)c(-c2nc3ccccc3c(=O)n2N=Cc2cc3c(cc2Br)OCO3)cc1C(C)C. The molecule has 8 heteroatoms. The van der Waals surface area contributed by atoms with Crippen molar-refractivity contribution >= 4 is 33.0 Å². The van der Waals surface area contributed by atoms with Crippen molar-refractivity contribution in [2.45, 2.75) is 26.7 Å². The molecule has 0 radical (unpaired) electrons. The zero-order valence-corrected chi connectivity index (χ0v) is 21.4. The van der Waals surface area contributed by atoms with E-state index in [0.29, 0.717) is 28.2 Å². The van der Waals surface area contributed by atoms with E-state index < -0.39 is 0 Å². The molecule has 1 aliphatic heterocycles. The molecular weight excluding hydrogens is 510 g/mol. The van der Waals surface area contributed by atoms with Crippen molar-refractivity contribution in [2.24, 2.45) is 5.10 Å². The Morgan fingerprint density at radius 3 is 2.63 bits per heavy atom. The fourth-order valence-corrected chi connectivity index (χ4v) is 4.55. The third-order valence-electron chi connectivity index (χ3n) is 6.00. The molecule has 2 heterocycles. The number of para-hydroxylation sites is 1. The lowest BCUT2D eigenvalue weighted by atomic mass is 9.96. The van der Waals surface area contributed by atoms with Crippen LogP contribution >= 0.6 is 15.9 Å². The lowest BCUT2D eigenvalue weighted by Gasteiger charge is -2.17. The third-order valence-corrected chi connectivity index (χ3v) is 6.68. The molecule has 178 valence electrons. The Labute approximate surface area is 211 Å². The number of methoxy groups -OCH3 is 1. The first-order valence-electron chi connectivity index (χ1n) is 11.2. The van der Waals surface area contributed by atoms with Crippen LogP contribution in [-0.2, 0) is 0 Å². The normalized spacial score (nSPS) is 12.7. The number of ether oxygens (including phenoxy) is 3. The second-order valence-corrected chi connectivity index (χ2v) is 9.46. The van der Waals surface area contributed by atoms with Crippen molar-refractivity contribution in [3.63, 3.8) is 0 Å². The van der Waals surface area contributed by atoms with Crippen LogP contribution in [0.2, 0.25) is 0 Å². The van der Waals surface area contributed by atoms with Crippen LogP contribution in [0.25, 0.3) is 22.3 Å². The van der Waals surface area contributed by atoms with Gasteiger partial charge in [-0.2, -0.15) is 9.78 Å². The maximum Gasteiger partial charge on any atom is 0.282 e. The highest BCUT2D eigenvalue weighted by atomic mass is 79.9. The highest BCUT2D eigenvalue weighted by Crippen LogP contribution is 2.37. The number of halogens is 1. The number of nitrogens with zero attached hydrogens (tertiary/aromatic N) is 3. The van der Waals surface area contributed by atoms with Crippen molar-refractivity contribution < 1.29 is 14.2 Å². The molecule has 0 saturated carbocycles. The van der Waals surface area contributed by atoms with E-state index in [9.17, 15) is 4.79 Å². The Kier molecular flexibility index (Phi) is 6.06. The van der Waals surface area contributed by atoms with Gasteiger partial charge in [-0.3, -0.25) is 4.79 Å². The second kappa shape index (κ2) is 9.19. The molecule has 7 nitrogen and oxygen atoms in total. The van der Waals surface area contributed by atoms with Gasteiger partial charge in [0.2, 0.25) is 6.79 Å². The topological polar surface area (TPSA) is 74.9 Å². The Morgan fingerprint density at radius 2 is 1.89 bits per heavy atom. The summed E-state index contributed by atoms with van der Waals surface area (Å²) in [5.74, 6) is 2.78. The molecule has 4 aromatic rings. The number of fused-ring (bicyclic) bond motifs is 2. The molecule has 1 aromatic heterocycles. The maximum atomic E-state index is 13.6. The van der Waals surface area contributed by atoms with Gasteiger partial charge in [-0.15, -0.1) is 0 Å². The van der Waals surface area contributed by atoms with Crippen LogP contribution in [-0.4, -0.2) is 29.8 Å². The molecule has 0 atom stereocenters. The van der Waals surface area contributed by atoms with Crippen LogP contribution in [0.4, 0.5) is 0 Å². The summed E-state index contributed by atoms with van der Waals surface area (Å²) < 4.78 is 18.7. The van der Waals surface area contributed by atoms with E-state index in [0.717, 1.165) is 32.5 Å². The number of aryl methyl sites for hydroxylation is 1. The number of hydrogen-bond donors (Lipinski definition) is 0. The Morgan fingerprint density at radius 1 is 1.14 bits per heavy atom. The third kappa shape index (κ3) is 4.18. The lowest BCUT2D eigenvalue weighted by molar-refractivity contribution is 0.174. The molecule has 1 aliphatic rings. The average molecular weight is 534 g/mol. The van der Waals surface area contributed by atoms with E-state index in [1.165, 1.54) is 4.68 Å². The molecule has 0 bridgehead atoms. The Bertz CT molecular complexity index is 1540. The molecule has 0 fully saturated rings. The van der Waals surface area contributed by atoms with Gasteiger partial charge >= 0.3 is 0 Å². The van der Waals surface area contributed by atoms with Crippen LogP contribution in [0.5, 0.6) is 17.2 Å². The smallest absolute Gasteiger partial charge is 0.282 e. The van der Waals surface area contributed by atoms with Crippen LogP contribution in [0, 0.1) is 6.92 Å². The monoisotopic (exact) mass is 533 g/mol. The van der Waals surface area contributed by atoms with Crippen molar-refractivity contribution in [1.29, 1.82) is 0 Å². The summed E-state index contributed by atoms with van der Waals surface area (Å²) in [5.41, 5.74) is 3.89. The van der Waals surface area contributed by atoms with Gasteiger partial charge in [-0.1, -0.05) is 26.0 Å². The highest BCUT2D eigenvalue weighted by molar-refractivity contribution is 9.10. The first-order valence-corrected chi connectivity index (χ1v) is 12.0. The van der Waals surface area contributed by atoms with E-state index in [-0.39, 0.29) is 18.3 Å². The first-order chi connectivity index (χ1) is 16.9. The molecule has 3 aromatic carbocycles. The highest BCUT2D eigenvalue weighted by Gasteiger charge is 2.19. The predicted molar refractivity (Wildman–Crippen MR) is 140 cm³/mol. The van der Waals surface area contributed by atoms with Crippen molar-refractivity contribution in [1.82, 2.24) is 9.66 Å². The largest absolute Gasteiger partial charge is 0.496 e. The standard InChI is InChI=1S/C27H24BrN3O4/c1-15(2)19-11-20(16(3)9-23(19)33-4)26-30-22-8-6-5-7-18(22)27(32)31(26)29-13-17-10-24-25(12-21(17)28)35-14-34-24/h5-13,15H,14H2,1-4H3. The van der Waals surface area contributed by atoms with Crippen LogP contribution in [0.1, 0.15) is 36.5 Å². The van der Waals surface area contributed by atoms with Gasteiger partial charge in [-0.25, -0.2) is 4.98 Å². The predicted octanol–water partition coefficient (Wildman–Crippen LogP) is 5.88. The molecule has 0 aliphatic carbocycles. The fraction of sp³-hybridized carbons (Fsp3) is 0.222. The Balaban J connectivity index is 1.73. The fourth-order valence-electron chi connectivity index (χ4n) is 4.12. The second-order valence-electron chi connectivity index (χ2n) is 8.60. The van der Waals surface area contributed by atoms with Gasteiger partial charge in [0.25, 0.3) is 5.56 Å². The van der Waals surface area contributed by atoms with Crippen LogP contribution < -0.4 is 19.8 Å². The zero-order chi connectivity index (χ0) is 24.7. The summed E-state index contributed by atoms with van der Waals surface area (Å²) in [6, 6.07) is 15.0. The van der Waals surface area contributed by atoms with Gasteiger partial charge in [0.15, 0.2) is 17.3 Å². The van der Waals surface area contributed by atoms with Gasteiger partial charge < -0.3 is 14.2 Å². The van der Waals surface area contributed by atoms with Gasteiger partial charge in [0.05, 0.1) is 24.2 Å². The quantitative estimate of drug-likeness (QED) is 0.299. The minimum absolute atomic E-state index is 0.176. The summed E-state index contributed by atoms with van der Waals surface area (Å²) in [6.07, 6.45) is 1.62. The average Bonchev–Trinajstić information content (AvgIpc) is 3.30. The molecule has 0 amide bonds. The number of benzene rings is 3. The van der Waals surface area contributed by atoms with Gasteiger partial charge in [0, 0.05) is 15.6 Å². The molecule has 5 rings (SSSR count). The van der Waals surface area contributed by atoms with E-state index in [2.05, 4.69) is 34.9 Å². The summed E-state index contributed by atoms with van der Waals surface area (Å²) in [5, 5.41) is 5.10. The van der Waals surface area contributed by atoms with Crippen LogP contribution in [0.15, 0.2) is 62.9 Å². The van der Waals surface area contributed by atoms with E-state index in [1.54, 1.807) is 19.4 Å². The number of rotatable bonds is 5. The minimum Gasteiger partial charge on any atom is -0.496 e. The molecular formula is C27H24BrN3O4. The summed E-state index contributed by atoms with van der Waals surface area (Å²) in [6.45, 7) is 6.36. The number of aromatic nitrogens is 2. The summed E-state index contributed by atoms with van der Waals surface area (Å²) in [7, 11) is 1.66. The van der Waals surface area contributed by atoms with Gasteiger partial charge in [-0.05, 0) is 76.3 Å². The van der Waals surface area contributed by atoms with E-state index in [1.807, 2.05) is 49.4 Å². The van der Waals surface area contributed by atoms with E-state index in [4.69, 9.17) is 19.2 Å². The molecule has 0 spiro atoms.